The fraction of sp³-hybridized carbons (Fsp3) is 0.136. The average molecular weight is 525 g/mol. The Hall–Kier alpha value is -3.57. The summed E-state index contributed by atoms with van der Waals surface area (Å²) in [6.45, 7) is 0. The summed E-state index contributed by atoms with van der Waals surface area (Å²) in [7, 11) is 1.60. The SMILES string of the molecule is COc1ccc(CC(NC(=O)c2nc(Br)c3c(sc4ccccc43)c2O)c2nn[nH]n2)cc1. The number of amides is 1. The smallest absolute Gasteiger partial charge is 0.274 e. The predicted molar refractivity (Wildman–Crippen MR) is 128 cm³/mol. The second-order valence-electron chi connectivity index (χ2n) is 7.25. The zero-order valence-corrected chi connectivity index (χ0v) is 19.6. The number of aromatic hydroxyl groups is 1. The van der Waals surface area contributed by atoms with Crippen LogP contribution in [-0.4, -0.2) is 43.7 Å². The van der Waals surface area contributed by atoms with Crippen LogP contribution < -0.4 is 10.1 Å². The number of fused-ring (bicyclic) bond motifs is 3. The second kappa shape index (κ2) is 8.75. The molecule has 0 aliphatic carbocycles. The molecule has 3 aromatic heterocycles. The number of carbonyl (C=O) groups is 1. The lowest BCUT2D eigenvalue weighted by atomic mass is 10.0. The average Bonchev–Trinajstić information content (AvgIpc) is 3.50. The van der Waals surface area contributed by atoms with Gasteiger partial charge in [0.05, 0.1) is 17.9 Å². The molecule has 0 bridgehead atoms. The van der Waals surface area contributed by atoms with Crippen molar-refractivity contribution in [3.63, 3.8) is 0 Å². The van der Waals surface area contributed by atoms with Crippen molar-refractivity contribution < 1.29 is 14.6 Å². The van der Waals surface area contributed by atoms with Crippen LogP contribution in [0, 0.1) is 0 Å². The lowest BCUT2D eigenvalue weighted by Gasteiger charge is -2.16. The van der Waals surface area contributed by atoms with Crippen LogP contribution in [-0.2, 0) is 6.42 Å². The van der Waals surface area contributed by atoms with Crippen LogP contribution in [0.2, 0.25) is 0 Å². The molecule has 0 saturated carbocycles. The molecule has 3 heterocycles. The van der Waals surface area contributed by atoms with Crippen molar-refractivity contribution in [2.24, 2.45) is 0 Å². The number of nitrogens with one attached hydrogen (secondary N) is 2. The van der Waals surface area contributed by atoms with Gasteiger partial charge in [-0.1, -0.05) is 35.5 Å². The molecule has 0 spiro atoms. The van der Waals surface area contributed by atoms with E-state index >= 15 is 0 Å². The van der Waals surface area contributed by atoms with E-state index in [9.17, 15) is 9.90 Å². The zero-order valence-electron chi connectivity index (χ0n) is 17.2. The van der Waals surface area contributed by atoms with Gasteiger partial charge in [-0.3, -0.25) is 4.79 Å². The van der Waals surface area contributed by atoms with Crippen LogP contribution in [0.5, 0.6) is 11.5 Å². The van der Waals surface area contributed by atoms with Crippen molar-refractivity contribution in [3.05, 3.63) is 70.2 Å². The Bertz CT molecular complexity index is 1450. The highest BCUT2D eigenvalue weighted by molar-refractivity contribution is 9.10. The third-order valence-electron chi connectivity index (χ3n) is 5.24. The maximum Gasteiger partial charge on any atom is 0.274 e. The number of hydrogen-bond donors (Lipinski definition) is 3. The molecule has 0 aliphatic heterocycles. The number of nitrogens with zero attached hydrogens (tertiary/aromatic N) is 4. The third-order valence-corrected chi connectivity index (χ3v) is 7.00. The van der Waals surface area contributed by atoms with Crippen molar-refractivity contribution >= 4 is 53.3 Å². The molecule has 1 atom stereocenters. The molecule has 2 aromatic carbocycles. The van der Waals surface area contributed by atoms with Crippen molar-refractivity contribution in [1.82, 2.24) is 30.9 Å². The minimum Gasteiger partial charge on any atom is -0.504 e. The van der Waals surface area contributed by atoms with Crippen molar-refractivity contribution in [1.29, 1.82) is 0 Å². The minimum atomic E-state index is -0.595. The monoisotopic (exact) mass is 524 g/mol. The number of halogens is 1. The van der Waals surface area contributed by atoms with Crippen molar-refractivity contribution in [2.75, 3.05) is 7.11 Å². The van der Waals surface area contributed by atoms with Gasteiger partial charge >= 0.3 is 0 Å². The molecule has 9 nitrogen and oxygen atoms in total. The molecule has 11 heteroatoms. The summed E-state index contributed by atoms with van der Waals surface area (Å²) >= 11 is 4.88. The van der Waals surface area contributed by atoms with E-state index in [-0.39, 0.29) is 11.4 Å². The number of ether oxygens (including phenoxy) is 1. The van der Waals surface area contributed by atoms with E-state index < -0.39 is 11.9 Å². The van der Waals surface area contributed by atoms with Gasteiger partial charge in [0.25, 0.3) is 5.91 Å². The first-order valence-electron chi connectivity index (χ1n) is 9.92. The van der Waals surface area contributed by atoms with Crippen LogP contribution in [0.15, 0.2) is 53.1 Å². The van der Waals surface area contributed by atoms with E-state index in [1.54, 1.807) is 7.11 Å². The number of thiophene rings is 1. The molecule has 0 aliphatic rings. The molecule has 0 radical (unpaired) electrons. The molecule has 0 fully saturated rings. The van der Waals surface area contributed by atoms with E-state index in [0.717, 1.165) is 26.8 Å². The van der Waals surface area contributed by atoms with E-state index in [1.165, 1.54) is 11.3 Å². The molecule has 166 valence electrons. The summed E-state index contributed by atoms with van der Waals surface area (Å²) in [6.07, 6.45) is 0.405. The van der Waals surface area contributed by atoms with Crippen molar-refractivity contribution in [2.45, 2.75) is 12.5 Å². The first-order chi connectivity index (χ1) is 16.0. The molecule has 1 amide bonds. The Labute approximate surface area is 199 Å². The molecule has 3 N–H and O–H groups in total. The topological polar surface area (TPSA) is 126 Å². The Morgan fingerprint density at radius 1 is 1.24 bits per heavy atom. The van der Waals surface area contributed by atoms with E-state index in [0.29, 0.717) is 21.5 Å². The number of pyridine rings is 1. The third kappa shape index (κ3) is 4.00. The Morgan fingerprint density at radius 3 is 2.76 bits per heavy atom. The summed E-state index contributed by atoms with van der Waals surface area (Å²) in [5.74, 6) is 0.342. The van der Waals surface area contributed by atoms with Gasteiger partial charge in [0.15, 0.2) is 17.3 Å². The Balaban J connectivity index is 1.49. The summed E-state index contributed by atoms with van der Waals surface area (Å²) in [5.41, 5.74) is 0.855. The maximum atomic E-state index is 13.2. The van der Waals surface area contributed by atoms with Crippen LogP contribution in [0.3, 0.4) is 0 Å². The first-order valence-corrected chi connectivity index (χ1v) is 11.5. The highest BCUT2D eigenvalue weighted by Crippen LogP contribution is 2.43. The highest BCUT2D eigenvalue weighted by atomic mass is 79.9. The van der Waals surface area contributed by atoms with Gasteiger partial charge in [-0.25, -0.2) is 4.98 Å². The van der Waals surface area contributed by atoms with Gasteiger partial charge < -0.3 is 15.2 Å². The fourth-order valence-corrected chi connectivity index (χ4v) is 5.51. The van der Waals surface area contributed by atoms with Crippen molar-refractivity contribution in [3.8, 4) is 11.5 Å². The van der Waals surface area contributed by atoms with E-state index in [2.05, 4.69) is 46.9 Å². The summed E-state index contributed by atoms with van der Waals surface area (Å²) in [5, 5.41) is 29.7. The molecular formula is C22H17BrN6O3S. The first kappa shape index (κ1) is 21.3. The number of aromatic nitrogens is 5. The molecule has 5 aromatic rings. The minimum absolute atomic E-state index is 0.0795. The number of aromatic amines is 1. The number of benzene rings is 2. The lowest BCUT2D eigenvalue weighted by molar-refractivity contribution is 0.0927. The van der Waals surface area contributed by atoms with Gasteiger partial charge in [0.1, 0.15) is 10.4 Å². The second-order valence-corrected chi connectivity index (χ2v) is 9.05. The molecule has 33 heavy (non-hydrogen) atoms. The molecule has 1 unspecified atom stereocenters. The summed E-state index contributed by atoms with van der Waals surface area (Å²) in [6, 6.07) is 14.7. The maximum absolute atomic E-state index is 13.2. The standard InChI is InChI=1S/C22H17BrN6O3S/c1-32-12-8-6-11(7-9-12)10-14(21-26-28-29-27-21)24-22(31)17-18(30)19-16(20(23)25-17)13-4-2-3-5-15(13)33-19/h2-9,14,30H,10H2,1H3,(H,24,31)(H,26,27,28,29). The van der Waals surface area contributed by atoms with Crippen LogP contribution in [0.1, 0.15) is 27.9 Å². The number of methoxy groups -OCH3 is 1. The highest BCUT2D eigenvalue weighted by Gasteiger charge is 2.26. The Morgan fingerprint density at radius 2 is 2.03 bits per heavy atom. The van der Waals surface area contributed by atoms with Crippen LogP contribution in [0.4, 0.5) is 0 Å². The molecule has 0 saturated heterocycles. The number of hydrogen-bond acceptors (Lipinski definition) is 8. The summed E-state index contributed by atoms with van der Waals surface area (Å²) < 4.78 is 7.28. The zero-order chi connectivity index (χ0) is 22.9. The lowest BCUT2D eigenvalue weighted by Crippen LogP contribution is -2.31. The largest absolute Gasteiger partial charge is 0.504 e. The molecule has 5 rings (SSSR count). The van der Waals surface area contributed by atoms with Gasteiger partial charge in [-0.2, -0.15) is 5.21 Å². The van der Waals surface area contributed by atoms with Gasteiger partial charge in [0.2, 0.25) is 0 Å². The predicted octanol–water partition coefficient (Wildman–Crippen LogP) is 4.15. The quantitative estimate of drug-likeness (QED) is 0.284. The number of carbonyl (C=O) groups excluding carboxylic acids is 1. The van der Waals surface area contributed by atoms with Gasteiger partial charge in [-0.05, 0) is 39.7 Å². The van der Waals surface area contributed by atoms with Gasteiger partial charge in [-0.15, -0.1) is 21.5 Å². The normalized spacial score (nSPS) is 12.2. The number of tetrazole rings is 1. The molecular weight excluding hydrogens is 508 g/mol. The number of rotatable bonds is 6. The van der Waals surface area contributed by atoms with E-state index in [1.807, 2.05) is 48.5 Å². The number of H-pyrrole nitrogens is 1. The Kier molecular flexibility index (Phi) is 5.65. The fourth-order valence-electron chi connectivity index (χ4n) is 3.64. The van der Waals surface area contributed by atoms with Gasteiger partial charge in [0, 0.05) is 21.9 Å². The van der Waals surface area contributed by atoms with Crippen LogP contribution in [0.25, 0.3) is 20.2 Å². The summed E-state index contributed by atoms with van der Waals surface area (Å²) in [4.78, 5) is 17.6. The van der Waals surface area contributed by atoms with E-state index in [4.69, 9.17) is 4.74 Å². The van der Waals surface area contributed by atoms with Crippen LogP contribution >= 0.6 is 27.3 Å².